The van der Waals surface area contributed by atoms with Crippen molar-refractivity contribution < 1.29 is 0 Å². The van der Waals surface area contributed by atoms with Gasteiger partial charge in [0.25, 0.3) is 0 Å². The zero-order chi connectivity index (χ0) is 15.1. The van der Waals surface area contributed by atoms with Crippen LogP contribution in [0.1, 0.15) is 24.5 Å². The van der Waals surface area contributed by atoms with Gasteiger partial charge >= 0.3 is 0 Å². The zero-order valence-corrected chi connectivity index (χ0v) is 13.4. The second-order valence-electron chi connectivity index (χ2n) is 5.15. The van der Waals surface area contributed by atoms with E-state index in [1.807, 2.05) is 30.5 Å². The molecule has 3 nitrogen and oxygen atoms in total. The summed E-state index contributed by atoms with van der Waals surface area (Å²) in [7, 11) is 2.06. The minimum atomic E-state index is 0.770. The molecule has 0 saturated carbocycles. The van der Waals surface area contributed by atoms with Gasteiger partial charge in [0.05, 0.1) is 0 Å². The molecule has 1 heterocycles. The second kappa shape index (κ2) is 8.01. The van der Waals surface area contributed by atoms with Crippen molar-refractivity contribution in [2.24, 2.45) is 0 Å². The number of halogens is 1. The van der Waals surface area contributed by atoms with E-state index in [0.29, 0.717) is 0 Å². The molecule has 0 spiro atoms. The number of pyridine rings is 1. The van der Waals surface area contributed by atoms with Gasteiger partial charge in [-0.3, -0.25) is 0 Å². The van der Waals surface area contributed by atoms with Crippen molar-refractivity contribution in [1.82, 2.24) is 10.3 Å². The fourth-order valence-electron chi connectivity index (χ4n) is 2.30. The summed E-state index contributed by atoms with van der Waals surface area (Å²) in [5, 5.41) is 4.20. The van der Waals surface area contributed by atoms with Gasteiger partial charge in [-0.05, 0) is 36.7 Å². The molecule has 1 aromatic carbocycles. The number of rotatable bonds is 7. The molecule has 0 fully saturated rings. The molecule has 21 heavy (non-hydrogen) atoms. The molecule has 2 aromatic rings. The van der Waals surface area contributed by atoms with E-state index in [4.69, 9.17) is 11.6 Å². The monoisotopic (exact) mass is 303 g/mol. The van der Waals surface area contributed by atoms with Crippen molar-refractivity contribution in [2.45, 2.75) is 26.4 Å². The third-order valence-electron chi connectivity index (χ3n) is 3.28. The molecule has 1 N–H and O–H groups in total. The zero-order valence-electron chi connectivity index (χ0n) is 12.6. The van der Waals surface area contributed by atoms with Gasteiger partial charge in [-0.15, -0.1) is 0 Å². The summed E-state index contributed by atoms with van der Waals surface area (Å²) in [6, 6.07) is 12.1. The maximum Gasteiger partial charge on any atom is 0.133 e. The highest BCUT2D eigenvalue weighted by Crippen LogP contribution is 2.19. The fraction of sp³-hybridized carbons (Fsp3) is 0.353. The van der Waals surface area contributed by atoms with Crippen molar-refractivity contribution in [3.05, 3.63) is 58.7 Å². The third kappa shape index (κ3) is 4.73. The lowest BCUT2D eigenvalue weighted by Gasteiger charge is -2.21. The molecule has 0 amide bonds. The number of benzene rings is 1. The van der Waals surface area contributed by atoms with Gasteiger partial charge in [0.2, 0.25) is 0 Å². The van der Waals surface area contributed by atoms with E-state index in [-0.39, 0.29) is 0 Å². The van der Waals surface area contributed by atoms with Gasteiger partial charge in [0.1, 0.15) is 5.82 Å². The first-order chi connectivity index (χ1) is 10.2. The average molecular weight is 304 g/mol. The lowest BCUT2D eigenvalue weighted by atomic mass is 10.2. The van der Waals surface area contributed by atoms with E-state index in [1.165, 1.54) is 11.1 Å². The maximum atomic E-state index is 6.05. The number of aromatic nitrogens is 1. The Morgan fingerprint density at radius 2 is 2.10 bits per heavy atom. The molecule has 0 aliphatic heterocycles. The van der Waals surface area contributed by atoms with Crippen LogP contribution in [-0.4, -0.2) is 18.6 Å². The van der Waals surface area contributed by atoms with Crippen LogP contribution in [0.5, 0.6) is 0 Å². The van der Waals surface area contributed by atoms with Crippen LogP contribution in [-0.2, 0) is 13.1 Å². The standard InChI is InChI=1S/C17H22ClN3/c1-3-9-19-12-15-7-5-10-20-17(15)21(2)13-14-6-4-8-16(18)11-14/h4-8,10-11,19H,3,9,12-13H2,1-2H3. The molecule has 0 aliphatic rings. The Bertz CT molecular complexity index is 571. The minimum absolute atomic E-state index is 0.770. The average Bonchev–Trinajstić information content (AvgIpc) is 2.48. The van der Waals surface area contributed by atoms with Crippen molar-refractivity contribution in [3.63, 3.8) is 0 Å². The quantitative estimate of drug-likeness (QED) is 0.787. The highest BCUT2D eigenvalue weighted by atomic mass is 35.5. The maximum absolute atomic E-state index is 6.05. The molecule has 1 aromatic heterocycles. The number of hydrogen-bond donors (Lipinski definition) is 1. The Morgan fingerprint density at radius 1 is 1.24 bits per heavy atom. The molecule has 0 aliphatic carbocycles. The Labute approximate surface area is 132 Å². The molecular weight excluding hydrogens is 282 g/mol. The van der Waals surface area contributed by atoms with E-state index in [0.717, 1.165) is 36.9 Å². The Hall–Kier alpha value is -1.58. The van der Waals surface area contributed by atoms with Crippen LogP contribution in [0.3, 0.4) is 0 Å². The molecule has 2 rings (SSSR count). The van der Waals surface area contributed by atoms with E-state index in [2.05, 4.69) is 41.3 Å². The normalized spacial score (nSPS) is 10.6. The SMILES string of the molecule is CCCNCc1cccnc1N(C)Cc1cccc(Cl)c1. The first kappa shape index (κ1) is 15.8. The first-order valence-corrected chi connectivity index (χ1v) is 7.68. The van der Waals surface area contributed by atoms with Gasteiger partial charge in [-0.1, -0.05) is 36.7 Å². The predicted molar refractivity (Wildman–Crippen MR) is 89.8 cm³/mol. The molecule has 0 bridgehead atoms. The predicted octanol–water partition coefficient (Wildman–Crippen LogP) is 3.87. The molecular formula is C17H22ClN3. The first-order valence-electron chi connectivity index (χ1n) is 7.31. The summed E-state index contributed by atoms with van der Waals surface area (Å²) in [6.07, 6.45) is 2.97. The van der Waals surface area contributed by atoms with Crippen molar-refractivity contribution in [1.29, 1.82) is 0 Å². The van der Waals surface area contributed by atoms with E-state index in [1.54, 1.807) is 0 Å². The van der Waals surface area contributed by atoms with E-state index in [9.17, 15) is 0 Å². The van der Waals surface area contributed by atoms with Crippen LogP contribution in [0, 0.1) is 0 Å². The summed E-state index contributed by atoms with van der Waals surface area (Å²) >= 11 is 6.05. The summed E-state index contributed by atoms with van der Waals surface area (Å²) < 4.78 is 0. The summed E-state index contributed by atoms with van der Waals surface area (Å²) in [5.74, 6) is 1.01. The number of nitrogens with zero attached hydrogens (tertiary/aromatic N) is 2. The van der Waals surface area contributed by atoms with Crippen molar-refractivity contribution in [3.8, 4) is 0 Å². The van der Waals surface area contributed by atoms with Crippen LogP contribution in [0.25, 0.3) is 0 Å². The van der Waals surface area contributed by atoms with Crippen LogP contribution in [0.15, 0.2) is 42.6 Å². The lowest BCUT2D eigenvalue weighted by molar-refractivity contribution is 0.671. The number of anilines is 1. The van der Waals surface area contributed by atoms with Gasteiger partial charge in [0.15, 0.2) is 0 Å². The lowest BCUT2D eigenvalue weighted by Crippen LogP contribution is -2.22. The highest BCUT2D eigenvalue weighted by Gasteiger charge is 2.09. The Kier molecular flexibility index (Phi) is 6.03. The number of nitrogens with one attached hydrogen (secondary N) is 1. The van der Waals surface area contributed by atoms with Gasteiger partial charge in [-0.2, -0.15) is 0 Å². The van der Waals surface area contributed by atoms with Gasteiger partial charge < -0.3 is 10.2 Å². The van der Waals surface area contributed by atoms with Gasteiger partial charge in [0, 0.05) is 36.9 Å². The Morgan fingerprint density at radius 3 is 2.86 bits per heavy atom. The number of hydrogen-bond acceptors (Lipinski definition) is 3. The van der Waals surface area contributed by atoms with Crippen LogP contribution >= 0.6 is 11.6 Å². The second-order valence-corrected chi connectivity index (χ2v) is 5.59. The van der Waals surface area contributed by atoms with E-state index < -0.39 is 0 Å². The molecule has 4 heteroatoms. The smallest absolute Gasteiger partial charge is 0.133 e. The topological polar surface area (TPSA) is 28.2 Å². The molecule has 0 unspecified atom stereocenters. The minimum Gasteiger partial charge on any atom is -0.355 e. The fourth-order valence-corrected chi connectivity index (χ4v) is 2.51. The highest BCUT2D eigenvalue weighted by molar-refractivity contribution is 6.30. The molecule has 0 atom stereocenters. The van der Waals surface area contributed by atoms with Gasteiger partial charge in [-0.25, -0.2) is 4.98 Å². The summed E-state index contributed by atoms with van der Waals surface area (Å²) in [5.41, 5.74) is 2.40. The van der Waals surface area contributed by atoms with Crippen molar-refractivity contribution >= 4 is 17.4 Å². The third-order valence-corrected chi connectivity index (χ3v) is 3.52. The van der Waals surface area contributed by atoms with Crippen LogP contribution in [0.2, 0.25) is 5.02 Å². The van der Waals surface area contributed by atoms with E-state index >= 15 is 0 Å². The molecule has 0 saturated heterocycles. The molecule has 0 radical (unpaired) electrons. The summed E-state index contributed by atoms with van der Waals surface area (Å²) in [6.45, 7) is 4.82. The molecule has 112 valence electrons. The van der Waals surface area contributed by atoms with Crippen LogP contribution in [0.4, 0.5) is 5.82 Å². The summed E-state index contributed by atoms with van der Waals surface area (Å²) in [4.78, 5) is 6.69. The largest absolute Gasteiger partial charge is 0.355 e. The Balaban J connectivity index is 2.09. The van der Waals surface area contributed by atoms with Crippen molar-refractivity contribution in [2.75, 3.05) is 18.5 Å². The van der Waals surface area contributed by atoms with Crippen LogP contribution < -0.4 is 10.2 Å².